The van der Waals surface area contributed by atoms with Gasteiger partial charge in [-0.3, -0.25) is 4.79 Å². The van der Waals surface area contributed by atoms with Crippen molar-refractivity contribution < 1.29 is 9.18 Å². The summed E-state index contributed by atoms with van der Waals surface area (Å²) < 4.78 is 13.2. The number of benzene rings is 1. The van der Waals surface area contributed by atoms with Crippen LogP contribution >= 0.6 is 15.9 Å². The van der Waals surface area contributed by atoms with Crippen molar-refractivity contribution in [3.63, 3.8) is 0 Å². The minimum Gasteiger partial charge on any atom is -0.397 e. The summed E-state index contributed by atoms with van der Waals surface area (Å²) in [5.41, 5.74) is 11.1. The van der Waals surface area contributed by atoms with Crippen molar-refractivity contribution in [1.82, 2.24) is 0 Å². The molecule has 76 valence electrons. The van der Waals surface area contributed by atoms with Gasteiger partial charge in [0.1, 0.15) is 5.82 Å². The Morgan fingerprint density at radius 1 is 1.57 bits per heavy atom. The molecule has 4 nitrogen and oxygen atoms in total. The predicted molar refractivity (Wildman–Crippen MR) is 56.2 cm³/mol. The van der Waals surface area contributed by atoms with Crippen LogP contribution in [-0.4, -0.2) is 12.5 Å². The molecular weight excluding hydrogens is 253 g/mol. The van der Waals surface area contributed by atoms with E-state index in [1.165, 1.54) is 6.07 Å². The Kier molecular flexibility index (Phi) is 3.29. The molecule has 0 fully saturated rings. The molecule has 0 unspecified atom stereocenters. The second kappa shape index (κ2) is 4.28. The van der Waals surface area contributed by atoms with E-state index in [0.29, 0.717) is 5.69 Å². The third-order valence-corrected chi connectivity index (χ3v) is 2.15. The van der Waals surface area contributed by atoms with Crippen LogP contribution in [0.3, 0.4) is 0 Å². The molecule has 1 aromatic rings. The largest absolute Gasteiger partial charge is 0.397 e. The van der Waals surface area contributed by atoms with Crippen LogP contribution in [0.25, 0.3) is 0 Å². The fourth-order valence-electron chi connectivity index (χ4n) is 0.898. The number of primary amides is 1. The van der Waals surface area contributed by atoms with E-state index >= 15 is 0 Å². The minimum absolute atomic E-state index is 0.0394. The van der Waals surface area contributed by atoms with Gasteiger partial charge in [-0.15, -0.1) is 0 Å². The predicted octanol–water partition coefficient (Wildman–Crippen LogP) is 1.07. The van der Waals surface area contributed by atoms with Gasteiger partial charge in [0, 0.05) is 6.07 Å². The molecule has 0 radical (unpaired) electrons. The summed E-state index contributed by atoms with van der Waals surface area (Å²) >= 11 is 3.00. The molecule has 0 aliphatic carbocycles. The van der Waals surface area contributed by atoms with Crippen molar-refractivity contribution in [2.75, 3.05) is 17.6 Å². The molecule has 0 aliphatic heterocycles. The zero-order valence-corrected chi connectivity index (χ0v) is 8.77. The van der Waals surface area contributed by atoms with Crippen LogP contribution in [0.2, 0.25) is 0 Å². The molecule has 0 heterocycles. The molecular formula is C8H9BrFN3O. The van der Waals surface area contributed by atoms with Crippen molar-refractivity contribution in [1.29, 1.82) is 0 Å². The lowest BCUT2D eigenvalue weighted by molar-refractivity contribution is -0.116. The third-order valence-electron chi connectivity index (χ3n) is 1.55. The highest BCUT2D eigenvalue weighted by Crippen LogP contribution is 2.26. The molecule has 1 rings (SSSR count). The van der Waals surface area contributed by atoms with Gasteiger partial charge in [0.2, 0.25) is 5.91 Å². The monoisotopic (exact) mass is 261 g/mol. The van der Waals surface area contributed by atoms with Crippen LogP contribution in [-0.2, 0) is 4.79 Å². The van der Waals surface area contributed by atoms with E-state index in [1.54, 1.807) is 0 Å². The molecule has 1 amide bonds. The lowest BCUT2D eigenvalue weighted by Crippen LogP contribution is -2.22. The average molecular weight is 262 g/mol. The van der Waals surface area contributed by atoms with Crippen LogP contribution in [0.5, 0.6) is 0 Å². The van der Waals surface area contributed by atoms with Gasteiger partial charge in [0.05, 0.1) is 22.4 Å². The second-order valence-corrected chi connectivity index (χ2v) is 3.53. The number of nitrogens with two attached hydrogens (primary N) is 2. The SMILES string of the molecule is NC(=O)CNc1cc(Br)c(F)cc1N. The number of amides is 1. The van der Waals surface area contributed by atoms with E-state index in [1.807, 2.05) is 0 Å². The maximum absolute atomic E-state index is 12.9. The second-order valence-electron chi connectivity index (χ2n) is 2.67. The van der Waals surface area contributed by atoms with E-state index in [0.717, 1.165) is 6.07 Å². The summed E-state index contributed by atoms with van der Waals surface area (Å²) in [5, 5.41) is 2.68. The van der Waals surface area contributed by atoms with E-state index < -0.39 is 11.7 Å². The van der Waals surface area contributed by atoms with Gasteiger partial charge < -0.3 is 16.8 Å². The standard InChI is InChI=1S/C8H9BrFN3O/c9-4-1-7(13-3-8(12)14)6(11)2-5(4)10/h1-2,13H,3,11H2,(H2,12,14). The highest BCUT2D eigenvalue weighted by Gasteiger charge is 2.05. The molecule has 5 N–H and O–H groups in total. The number of anilines is 2. The number of carbonyl (C=O) groups excluding carboxylic acids is 1. The number of rotatable bonds is 3. The number of nitrogen functional groups attached to an aromatic ring is 1. The third kappa shape index (κ3) is 2.59. The summed E-state index contributed by atoms with van der Waals surface area (Å²) in [7, 11) is 0. The van der Waals surface area contributed by atoms with E-state index in [2.05, 4.69) is 21.2 Å². The molecule has 0 aliphatic rings. The number of nitrogens with one attached hydrogen (secondary N) is 1. The van der Waals surface area contributed by atoms with Gasteiger partial charge in [0.25, 0.3) is 0 Å². The van der Waals surface area contributed by atoms with E-state index in [4.69, 9.17) is 11.5 Å². The van der Waals surface area contributed by atoms with Gasteiger partial charge in [0.15, 0.2) is 0 Å². The summed E-state index contributed by atoms with van der Waals surface area (Å²) in [4.78, 5) is 10.5. The lowest BCUT2D eigenvalue weighted by Gasteiger charge is -2.08. The van der Waals surface area contributed by atoms with Gasteiger partial charge in [-0.2, -0.15) is 0 Å². The molecule has 6 heteroatoms. The Balaban J connectivity index is 2.87. The summed E-state index contributed by atoms with van der Waals surface area (Å²) in [5.74, 6) is -0.961. The number of hydrogen-bond acceptors (Lipinski definition) is 3. The average Bonchev–Trinajstić information content (AvgIpc) is 2.09. The van der Waals surface area contributed by atoms with Crippen molar-refractivity contribution in [3.05, 3.63) is 22.4 Å². The van der Waals surface area contributed by atoms with Crippen LogP contribution in [0.15, 0.2) is 16.6 Å². The first kappa shape index (κ1) is 10.8. The fourth-order valence-corrected chi connectivity index (χ4v) is 1.24. The molecule has 14 heavy (non-hydrogen) atoms. The number of carbonyl (C=O) groups is 1. The van der Waals surface area contributed by atoms with Gasteiger partial charge in [-0.05, 0) is 22.0 Å². The molecule has 0 bridgehead atoms. The summed E-state index contributed by atoms with van der Waals surface area (Å²) in [6, 6.07) is 2.61. The smallest absolute Gasteiger partial charge is 0.236 e. The van der Waals surface area contributed by atoms with E-state index in [-0.39, 0.29) is 16.7 Å². The number of hydrogen-bond donors (Lipinski definition) is 3. The summed E-state index contributed by atoms with van der Waals surface area (Å²) in [6.45, 7) is -0.0394. The highest BCUT2D eigenvalue weighted by atomic mass is 79.9. The molecule has 0 saturated heterocycles. The summed E-state index contributed by atoms with van der Waals surface area (Å²) in [6.07, 6.45) is 0. The first-order chi connectivity index (χ1) is 6.50. The Morgan fingerprint density at radius 2 is 2.21 bits per heavy atom. The first-order valence-corrected chi connectivity index (χ1v) is 4.56. The lowest BCUT2D eigenvalue weighted by atomic mass is 10.2. The Labute approximate surface area is 88.6 Å². The molecule has 0 spiro atoms. The normalized spacial score (nSPS) is 9.86. The Hall–Kier alpha value is -1.30. The highest BCUT2D eigenvalue weighted by molar-refractivity contribution is 9.10. The topological polar surface area (TPSA) is 81.1 Å². The van der Waals surface area contributed by atoms with Gasteiger partial charge in [-0.25, -0.2) is 4.39 Å². The zero-order chi connectivity index (χ0) is 10.7. The number of halogens is 2. The van der Waals surface area contributed by atoms with Crippen LogP contribution in [0, 0.1) is 5.82 Å². The maximum Gasteiger partial charge on any atom is 0.236 e. The Bertz CT molecular complexity index is 370. The van der Waals surface area contributed by atoms with Gasteiger partial charge >= 0.3 is 0 Å². The van der Waals surface area contributed by atoms with Crippen molar-refractivity contribution in [2.24, 2.45) is 5.73 Å². The molecule has 0 atom stereocenters. The fraction of sp³-hybridized carbons (Fsp3) is 0.125. The Morgan fingerprint density at radius 3 is 2.79 bits per heavy atom. The van der Waals surface area contributed by atoms with Crippen molar-refractivity contribution in [2.45, 2.75) is 0 Å². The van der Waals surface area contributed by atoms with Crippen molar-refractivity contribution in [3.8, 4) is 0 Å². The van der Waals surface area contributed by atoms with E-state index in [9.17, 15) is 9.18 Å². The minimum atomic E-state index is -0.509. The van der Waals surface area contributed by atoms with Crippen molar-refractivity contribution >= 4 is 33.2 Å². The molecule has 0 aromatic heterocycles. The van der Waals surface area contributed by atoms with Crippen LogP contribution < -0.4 is 16.8 Å². The zero-order valence-electron chi connectivity index (χ0n) is 7.18. The van der Waals surface area contributed by atoms with Gasteiger partial charge in [-0.1, -0.05) is 0 Å². The molecule has 1 aromatic carbocycles. The van der Waals surface area contributed by atoms with Crippen LogP contribution in [0.1, 0.15) is 0 Å². The first-order valence-electron chi connectivity index (χ1n) is 3.77. The maximum atomic E-state index is 12.9. The van der Waals surface area contributed by atoms with Crippen LogP contribution in [0.4, 0.5) is 15.8 Å². The molecule has 0 saturated carbocycles. The quantitative estimate of drug-likeness (QED) is 0.712.